The number of benzene rings is 1. The summed E-state index contributed by atoms with van der Waals surface area (Å²) in [4.78, 5) is -0.536. The zero-order valence-electron chi connectivity index (χ0n) is 14.4. The molecule has 0 aromatic heterocycles. The van der Waals surface area contributed by atoms with Gasteiger partial charge in [-0.25, -0.2) is 8.78 Å². The van der Waals surface area contributed by atoms with Crippen LogP contribution in [0.4, 0.5) is 40.8 Å². The molecule has 0 saturated carbocycles. The van der Waals surface area contributed by atoms with Crippen molar-refractivity contribution in [3.8, 4) is 0 Å². The first-order valence-corrected chi connectivity index (χ1v) is 8.28. The topological polar surface area (TPSA) is 3.24 Å². The van der Waals surface area contributed by atoms with Crippen molar-refractivity contribution in [2.75, 3.05) is 11.4 Å². The molecule has 0 atom stereocenters. The molecule has 0 fully saturated rings. The van der Waals surface area contributed by atoms with Crippen LogP contribution in [0.2, 0.25) is 0 Å². The molecule has 0 amide bonds. The Morgan fingerprint density at radius 1 is 0.885 bits per heavy atom. The van der Waals surface area contributed by atoms with E-state index in [1.54, 1.807) is 6.92 Å². The summed E-state index contributed by atoms with van der Waals surface area (Å²) >= 11 is 0. The van der Waals surface area contributed by atoms with Crippen molar-refractivity contribution in [3.63, 3.8) is 0 Å². The van der Waals surface area contributed by atoms with E-state index in [9.17, 15) is 35.1 Å². The van der Waals surface area contributed by atoms with Gasteiger partial charge in [0.05, 0.1) is 5.69 Å². The van der Waals surface area contributed by atoms with E-state index in [2.05, 4.69) is 0 Å². The van der Waals surface area contributed by atoms with Gasteiger partial charge in [-0.2, -0.15) is 26.3 Å². The van der Waals surface area contributed by atoms with E-state index in [-0.39, 0.29) is 18.9 Å². The molecule has 26 heavy (non-hydrogen) atoms. The average Bonchev–Trinajstić information content (AvgIpc) is 2.55. The normalized spacial score (nSPS) is 13.2. The number of hydrogen-bond acceptors (Lipinski definition) is 1. The van der Waals surface area contributed by atoms with Gasteiger partial charge in [0.15, 0.2) is 0 Å². The fourth-order valence-electron chi connectivity index (χ4n) is 2.53. The highest BCUT2D eigenvalue weighted by Gasteiger charge is 2.73. The molecule has 0 radical (unpaired) electrons. The van der Waals surface area contributed by atoms with Gasteiger partial charge >= 0.3 is 17.9 Å². The lowest BCUT2D eigenvalue weighted by atomic mass is 10.0. The van der Waals surface area contributed by atoms with Crippen LogP contribution in [0, 0.1) is 11.6 Å². The quantitative estimate of drug-likeness (QED) is 0.246. The molecule has 1 nitrogen and oxygen atoms in total. The maximum atomic E-state index is 14.3. The Kier molecular flexibility index (Phi) is 7.30. The van der Waals surface area contributed by atoms with Crippen molar-refractivity contribution in [3.05, 3.63) is 29.8 Å². The Balaban J connectivity index is 3.18. The number of alkyl halides is 6. The third-order valence-corrected chi connectivity index (χ3v) is 4.04. The first-order chi connectivity index (χ1) is 11.9. The zero-order valence-corrected chi connectivity index (χ0v) is 14.4. The Hall–Kier alpha value is -1.54. The van der Waals surface area contributed by atoms with Crippen molar-refractivity contribution >= 4 is 5.69 Å². The fourth-order valence-corrected chi connectivity index (χ4v) is 2.53. The van der Waals surface area contributed by atoms with Crippen LogP contribution >= 0.6 is 0 Å². The second kappa shape index (κ2) is 8.43. The lowest BCUT2D eigenvalue weighted by molar-refractivity contribution is -0.310. The molecule has 0 saturated heterocycles. The van der Waals surface area contributed by atoms with Gasteiger partial charge < -0.3 is 4.90 Å². The fraction of sp³-hybridized carbons (Fsp3) is 0.647. The zero-order chi connectivity index (χ0) is 20.2. The Labute approximate surface area is 147 Å². The summed E-state index contributed by atoms with van der Waals surface area (Å²) in [6, 6.07) is -4.09. The predicted octanol–water partition coefficient (Wildman–Crippen LogP) is 6.62. The molecule has 0 spiro atoms. The highest BCUT2D eigenvalue weighted by molar-refractivity contribution is 5.50. The second-order valence-electron chi connectivity index (χ2n) is 5.97. The van der Waals surface area contributed by atoms with Crippen LogP contribution in [0.1, 0.15) is 46.0 Å². The van der Waals surface area contributed by atoms with E-state index in [1.807, 2.05) is 0 Å². The maximum absolute atomic E-state index is 14.3. The molecule has 0 bridgehead atoms. The minimum absolute atomic E-state index is 0.198. The molecule has 0 aliphatic rings. The number of unbranched alkanes of at least 4 members (excludes halogenated alkanes) is 3. The predicted molar refractivity (Wildman–Crippen MR) is 83.0 cm³/mol. The van der Waals surface area contributed by atoms with Gasteiger partial charge in [-0.15, -0.1) is 0 Å². The summed E-state index contributed by atoms with van der Waals surface area (Å²) < 4.78 is 112. The maximum Gasteiger partial charge on any atom is 0.395 e. The van der Waals surface area contributed by atoms with E-state index in [0.717, 1.165) is 6.92 Å². The van der Waals surface area contributed by atoms with Gasteiger partial charge in [-0.1, -0.05) is 26.2 Å². The van der Waals surface area contributed by atoms with Crippen LogP contribution in [-0.4, -0.2) is 24.4 Å². The van der Waals surface area contributed by atoms with Crippen molar-refractivity contribution < 1.29 is 35.1 Å². The smallest absolute Gasteiger partial charge is 0.305 e. The number of halogens is 8. The number of anilines is 1. The molecule has 0 aliphatic heterocycles. The van der Waals surface area contributed by atoms with E-state index in [1.165, 1.54) is 0 Å². The monoisotopic (exact) mass is 391 g/mol. The summed E-state index contributed by atoms with van der Waals surface area (Å²) in [5, 5.41) is 0. The van der Waals surface area contributed by atoms with Gasteiger partial charge in [0, 0.05) is 19.0 Å². The number of rotatable bonds is 10. The van der Waals surface area contributed by atoms with Crippen molar-refractivity contribution in [1.29, 1.82) is 0 Å². The summed E-state index contributed by atoms with van der Waals surface area (Å²) in [5.74, 6) is -13.4. The van der Waals surface area contributed by atoms with Gasteiger partial charge in [-0.3, -0.25) is 0 Å². The second-order valence-corrected chi connectivity index (χ2v) is 5.97. The van der Waals surface area contributed by atoms with E-state index >= 15 is 0 Å². The number of nitrogens with zero attached hydrogens (tertiary/aromatic N) is 1. The van der Waals surface area contributed by atoms with Crippen molar-refractivity contribution in [2.45, 2.75) is 63.8 Å². The molecule has 0 aliphatic carbocycles. The third kappa shape index (κ3) is 4.40. The molecular weight excluding hydrogens is 370 g/mol. The van der Waals surface area contributed by atoms with Crippen LogP contribution in [0.3, 0.4) is 0 Å². The van der Waals surface area contributed by atoms with E-state index < -0.39 is 53.1 Å². The first kappa shape index (κ1) is 22.5. The summed E-state index contributed by atoms with van der Waals surface area (Å²) in [6.45, 7) is 1.79. The Morgan fingerprint density at radius 3 is 2.04 bits per heavy atom. The van der Waals surface area contributed by atoms with Gasteiger partial charge in [-0.05, 0) is 25.5 Å². The van der Waals surface area contributed by atoms with Crippen LogP contribution < -0.4 is 4.90 Å². The standard InChI is InChI=1S/C17H21F8N/c1-3-5-6-7-10-15(20,21)16(22,23)17(24,25)26(4-2)14-11-12(18)8-9-13(14)19/h8-9,11H,3-7,10H2,1-2H3. The number of hydrogen-bond donors (Lipinski definition) is 0. The SMILES string of the molecule is CCCCCCC(F)(F)C(F)(F)C(F)(F)N(CC)c1cc(F)ccc1F. The average molecular weight is 391 g/mol. The van der Waals surface area contributed by atoms with E-state index in [0.29, 0.717) is 25.0 Å². The molecule has 150 valence electrons. The van der Waals surface area contributed by atoms with Crippen LogP contribution in [-0.2, 0) is 0 Å². The largest absolute Gasteiger partial charge is 0.395 e. The van der Waals surface area contributed by atoms with E-state index in [4.69, 9.17) is 0 Å². The summed E-state index contributed by atoms with van der Waals surface area (Å²) in [5.41, 5.74) is -1.21. The third-order valence-electron chi connectivity index (χ3n) is 4.04. The highest BCUT2D eigenvalue weighted by atomic mass is 19.3. The first-order valence-electron chi connectivity index (χ1n) is 8.28. The van der Waals surface area contributed by atoms with Crippen molar-refractivity contribution in [2.24, 2.45) is 0 Å². The minimum atomic E-state index is -5.78. The minimum Gasteiger partial charge on any atom is -0.305 e. The van der Waals surface area contributed by atoms with Crippen LogP contribution in [0.15, 0.2) is 18.2 Å². The molecule has 0 heterocycles. The van der Waals surface area contributed by atoms with Crippen molar-refractivity contribution in [1.82, 2.24) is 0 Å². The summed E-state index contributed by atoms with van der Waals surface area (Å²) in [7, 11) is 0. The van der Waals surface area contributed by atoms with Crippen LogP contribution in [0.5, 0.6) is 0 Å². The summed E-state index contributed by atoms with van der Waals surface area (Å²) in [6.07, 6.45) is -0.427. The molecule has 0 unspecified atom stereocenters. The molecule has 1 aromatic rings. The molecule has 1 rings (SSSR count). The highest BCUT2D eigenvalue weighted by Crippen LogP contribution is 2.50. The van der Waals surface area contributed by atoms with Gasteiger partial charge in [0.1, 0.15) is 11.6 Å². The molecular formula is C17H21F8N. The lowest BCUT2D eigenvalue weighted by Crippen LogP contribution is -2.62. The molecule has 1 aromatic carbocycles. The Bertz CT molecular complexity index is 588. The van der Waals surface area contributed by atoms with Gasteiger partial charge in [0.25, 0.3) is 0 Å². The molecule has 9 heteroatoms. The van der Waals surface area contributed by atoms with Crippen LogP contribution in [0.25, 0.3) is 0 Å². The lowest BCUT2D eigenvalue weighted by Gasteiger charge is -2.40. The van der Waals surface area contributed by atoms with Gasteiger partial charge in [0.2, 0.25) is 0 Å². The Morgan fingerprint density at radius 2 is 1.50 bits per heavy atom. The molecule has 0 N–H and O–H groups in total.